The minimum Gasteiger partial charge on any atom is -0.371 e. The van der Waals surface area contributed by atoms with Crippen molar-refractivity contribution in [3.05, 3.63) is 41.6 Å². The van der Waals surface area contributed by atoms with Crippen molar-refractivity contribution in [1.82, 2.24) is 20.5 Å². The molecule has 0 saturated carbocycles. The van der Waals surface area contributed by atoms with E-state index in [0.29, 0.717) is 0 Å². The van der Waals surface area contributed by atoms with Crippen molar-refractivity contribution in [2.75, 3.05) is 12.4 Å². The van der Waals surface area contributed by atoms with Crippen molar-refractivity contribution in [1.29, 1.82) is 0 Å². The van der Waals surface area contributed by atoms with Gasteiger partial charge in [-0.05, 0) is 6.07 Å². The van der Waals surface area contributed by atoms with Gasteiger partial charge in [0.15, 0.2) is 11.6 Å². The van der Waals surface area contributed by atoms with Crippen LogP contribution in [0.25, 0.3) is 0 Å². The maximum Gasteiger partial charge on any atom is 0.254 e. The zero-order chi connectivity index (χ0) is 13.0. The van der Waals surface area contributed by atoms with Crippen molar-refractivity contribution in [2.45, 2.75) is 6.54 Å². The summed E-state index contributed by atoms with van der Waals surface area (Å²) in [5.41, 5.74) is 0.768. The predicted molar refractivity (Wildman–Crippen MR) is 63.5 cm³/mol. The van der Waals surface area contributed by atoms with Crippen molar-refractivity contribution in [3.8, 4) is 0 Å². The molecule has 0 aliphatic rings. The van der Waals surface area contributed by atoms with Gasteiger partial charge >= 0.3 is 0 Å². The summed E-state index contributed by atoms with van der Waals surface area (Å²) in [7, 11) is 1.54. The van der Waals surface area contributed by atoms with E-state index in [1.54, 1.807) is 19.4 Å². The fourth-order valence-corrected chi connectivity index (χ4v) is 1.45. The second-order valence-corrected chi connectivity index (χ2v) is 3.56. The number of halogens is 1. The number of carbonyl (C=O) groups excluding carboxylic acids is 1. The zero-order valence-corrected chi connectivity index (χ0v) is 9.70. The van der Waals surface area contributed by atoms with E-state index in [4.69, 9.17) is 0 Å². The number of amides is 1. The van der Waals surface area contributed by atoms with Gasteiger partial charge in [-0.2, -0.15) is 5.10 Å². The van der Waals surface area contributed by atoms with Gasteiger partial charge in [0, 0.05) is 31.5 Å². The summed E-state index contributed by atoms with van der Waals surface area (Å²) in [6, 6.07) is 1.33. The molecule has 2 aromatic heterocycles. The summed E-state index contributed by atoms with van der Waals surface area (Å²) in [5, 5.41) is 11.6. The molecule has 3 N–H and O–H groups in total. The zero-order valence-electron chi connectivity index (χ0n) is 9.70. The van der Waals surface area contributed by atoms with Crippen molar-refractivity contribution in [3.63, 3.8) is 0 Å². The highest BCUT2D eigenvalue weighted by Gasteiger charge is 2.15. The lowest BCUT2D eigenvalue weighted by atomic mass is 10.2. The third-order valence-corrected chi connectivity index (χ3v) is 2.38. The molecule has 0 atom stereocenters. The van der Waals surface area contributed by atoms with E-state index in [2.05, 4.69) is 25.8 Å². The first-order valence-electron chi connectivity index (χ1n) is 5.30. The Bertz CT molecular complexity index is 540. The van der Waals surface area contributed by atoms with Crippen LogP contribution in [0.4, 0.5) is 10.2 Å². The third-order valence-electron chi connectivity index (χ3n) is 2.38. The van der Waals surface area contributed by atoms with E-state index in [1.807, 2.05) is 0 Å². The highest BCUT2D eigenvalue weighted by molar-refractivity contribution is 5.95. The Balaban J connectivity index is 2.09. The monoisotopic (exact) mass is 249 g/mol. The number of carbonyl (C=O) groups is 1. The number of anilines is 1. The van der Waals surface area contributed by atoms with Gasteiger partial charge in [0.05, 0.1) is 11.8 Å². The Morgan fingerprint density at radius 3 is 3.06 bits per heavy atom. The lowest BCUT2D eigenvalue weighted by Crippen LogP contribution is -2.24. The van der Waals surface area contributed by atoms with Crippen LogP contribution in [0.3, 0.4) is 0 Å². The summed E-state index contributed by atoms with van der Waals surface area (Å²) < 4.78 is 13.8. The summed E-state index contributed by atoms with van der Waals surface area (Å²) in [6.45, 7) is 0.284. The van der Waals surface area contributed by atoms with Crippen LogP contribution >= 0.6 is 0 Å². The van der Waals surface area contributed by atoms with Gasteiger partial charge in [0.25, 0.3) is 5.91 Å². The quantitative estimate of drug-likeness (QED) is 0.752. The first-order chi connectivity index (χ1) is 8.72. The van der Waals surface area contributed by atoms with Gasteiger partial charge in [-0.1, -0.05) is 0 Å². The molecule has 2 heterocycles. The molecule has 0 aliphatic heterocycles. The molecule has 1 amide bonds. The molecule has 0 bridgehead atoms. The first kappa shape index (κ1) is 12.0. The molecule has 18 heavy (non-hydrogen) atoms. The third kappa shape index (κ3) is 2.45. The fourth-order valence-electron chi connectivity index (χ4n) is 1.45. The van der Waals surface area contributed by atoms with Gasteiger partial charge in [-0.15, -0.1) is 0 Å². The summed E-state index contributed by atoms with van der Waals surface area (Å²) >= 11 is 0. The number of H-pyrrole nitrogens is 1. The minimum absolute atomic E-state index is 0.0437. The van der Waals surface area contributed by atoms with Gasteiger partial charge in [0.1, 0.15) is 0 Å². The summed E-state index contributed by atoms with van der Waals surface area (Å²) in [4.78, 5) is 15.6. The average Bonchev–Trinajstić information content (AvgIpc) is 2.89. The number of aromatic nitrogens is 3. The molecule has 0 spiro atoms. The van der Waals surface area contributed by atoms with Gasteiger partial charge in [-0.25, -0.2) is 9.37 Å². The molecule has 0 radical (unpaired) electrons. The van der Waals surface area contributed by atoms with Gasteiger partial charge < -0.3 is 10.6 Å². The topological polar surface area (TPSA) is 82.7 Å². The lowest BCUT2D eigenvalue weighted by molar-refractivity contribution is 0.0947. The molecule has 0 aliphatic carbocycles. The van der Waals surface area contributed by atoms with E-state index >= 15 is 0 Å². The second kappa shape index (κ2) is 5.26. The van der Waals surface area contributed by atoms with Gasteiger partial charge in [-0.3, -0.25) is 9.89 Å². The number of hydrogen-bond acceptors (Lipinski definition) is 4. The maximum absolute atomic E-state index is 13.8. The highest BCUT2D eigenvalue weighted by Crippen LogP contribution is 2.14. The van der Waals surface area contributed by atoms with Crippen LogP contribution in [0.5, 0.6) is 0 Å². The molecule has 2 rings (SSSR count). The molecule has 0 fully saturated rings. The van der Waals surface area contributed by atoms with Crippen molar-refractivity contribution < 1.29 is 9.18 Å². The van der Waals surface area contributed by atoms with Gasteiger partial charge in [0.2, 0.25) is 0 Å². The second-order valence-electron chi connectivity index (χ2n) is 3.56. The largest absolute Gasteiger partial charge is 0.371 e. The normalized spacial score (nSPS) is 10.1. The molecule has 0 aromatic carbocycles. The Labute approximate surface area is 103 Å². The fraction of sp³-hybridized carbons (Fsp3) is 0.182. The number of nitrogens with one attached hydrogen (secondary N) is 3. The van der Waals surface area contributed by atoms with Crippen LogP contribution < -0.4 is 10.6 Å². The number of nitrogens with zero attached hydrogens (tertiary/aromatic N) is 2. The molecule has 94 valence electrons. The standard InChI is InChI=1S/C11H12FN5O/c1-13-10-9(12)8(2-3-14-10)11(18)15-4-7-5-16-17-6-7/h2-3,5-6H,4H2,1H3,(H,13,14)(H,15,18)(H,16,17). The summed E-state index contributed by atoms with van der Waals surface area (Å²) in [6.07, 6.45) is 4.62. The van der Waals surface area contributed by atoms with Crippen LogP contribution in [0.1, 0.15) is 15.9 Å². The van der Waals surface area contributed by atoms with Crippen LogP contribution in [-0.2, 0) is 6.54 Å². The molecule has 0 saturated heterocycles. The summed E-state index contributed by atoms with van der Waals surface area (Å²) in [5.74, 6) is -1.11. The average molecular weight is 249 g/mol. The van der Waals surface area contributed by atoms with Crippen LogP contribution in [0.15, 0.2) is 24.7 Å². The predicted octanol–water partition coefficient (Wildman–Crippen LogP) is 0.915. The van der Waals surface area contributed by atoms with E-state index in [-0.39, 0.29) is 17.9 Å². The number of aromatic amines is 1. The maximum atomic E-state index is 13.8. The lowest BCUT2D eigenvalue weighted by Gasteiger charge is -2.07. The molecule has 6 nitrogen and oxygen atoms in total. The van der Waals surface area contributed by atoms with Crippen molar-refractivity contribution >= 4 is 11.7 Å². The minimum atomic E-state index is -0.662. The van der Waals surface area contributed by atoms with E-state index < -0.39 is 11.7 Å². The number of rotatable bonds is 4. The smallest absolute Gasteiger partial charge is 0.254 e. The van der Waals surface area contributed by atoms with E-state index in [1.165, 1.54) is 12.3 Å². The van der Waals surface area contributed by atoms with E-state index in [0.717, 1.165) is 5.56 Å². The SMILES string of the molecule is CNc1nccc(C(=O)NCc2cn[nH]c2)c1F. The Morgan fingerprint density at radius 2 is 2.39 bits per heavy atom. The van der Waals surface area contributed by atoms with Crippen LogP contribution in [-0.4, -0.2) is 28.1 Å². The van der Waals surface area contributed by atoms with Crippen LogP contribution in [0.2, 0.25) is 0 Å². The van der Waals surface area contributed by atoms with E-state index in [9.17, 15) is 9.18 Å². The molecule has 2 aromatic rings. The number of pyridine rings is 1. The molecule has 7 heteroatoms. The Morgan fingerprint density at radius 1 is 1.56 bits per heavy atom. The molecular weight excluding hydrogens is 237 g/mol. The molecular formula is C11H12FN5O. The Hall–Kier alpha value is -2.44. The number of hydrogen-bond donors (Lipinski definition) is 3. The molecule has 0 unspecified atom stereocenters. The first-order valence-corrected chi connectivity index (χ1v) is 5.30. The van der Waals surface area contributed by atoms with Crippen molar-refractivity contribution in [2.24, 2.45) is 0 Å². The highest BCUT2D eigenvalue weighted by atomic mass is 19.1. The Kier molecular flexibility index (Phi) is 3.52. The van der Waals surface area contributed by atoms with Crippen LogP contribution in [0, 0.1) is 5.82 Å².